The Kier molecular flexibility index (Phi) is 10.4. The lowest BCUT2D eigenvalue weighted by molar-refractivity contribution is -0.427. The molecule has 31 heavy (non-hydrogen) atoms. The van der Waals surface area contributed by atoms with E-state index in [0.717, 1.165) is 37.3 Å². The summed E-state index contributed by atoms with van der Waals surface area (Å²) in [6.45, 7) is 7.61. The molecule has 0 radical (unpaired) electrons. The fourth-order valence-corrected chi connectivity index (χ4v) is 3.81. The second-order valence-corrected chi connectivity index (χ2v) is 9.33. The average Bonchev–Trinajstić information content (AvgIpc) is 2.73. The Bertz CT molecular complexity index is 656. The zero-order chi connectivity index (χ0) is 22.7. The van der Waals surface area contributed by atoms with Gasteiger partial charge in [0, 0.05) is 43.2 Å². The highest BCUT2D eigenvalue weighted by Crippen LogP contribution is 2.40. The van der Waals surface area contributed by atoms with Crippen LogP contribution < -0.4 is 10.6 Å². The van der Waals surface area contributed by atoms with Gasteiger partial charge >= 0.3 is 17.9 Å². The summed E-state index contributed by atoms with van der Waals surface area (Å²) < 4.78 is 21.7. The molecule has 0 aromatic heterocycles. The third-order valence-electron chi connectivity index (χ3n) is 5.11. The van der Waals surface area contributed by atoms with Crippen molar-refractivity contribution in [1.29, 1.82) is 0 Å². The maximum absolute atomic E-state index is 11.7. The van der Waals surface area contributed by atoms with Crippen molar-refractivity contribution in [3.05, 3.63) is 12.2 Å². The van der Waals surface area contributed by atoms with Crippen molar-refractivity contribution in [1.82, 2.24) is 10.6 Å². The number of rotatable bonds is 11. The van der Waals surface area contributed by atoms with Crippen LogP contribution in [0.15, 0.2) is 12.2 Å². The van der Waals surface area contributed by atoms with Crippen LogP contribution in [0, 0.1) is 5.41 Å². The molecule has 0 bridgehead atoms. The zero-order valence-electron chi connectivity index (χ0n) is 18.6. The molecule has 1 unspecified atom stereocenters. The zero-order valence-corrected chi connectivity index (χ0v) is 19.4. The number of nitrogens with one attached hydrogen (secondary N) is 2. The van der Waals surface area contributed by atoms with Gasteiger partial charge in [-0.15, -0.1) is 0 Å². The van der Waals surface area contributed by atoms with Crippen LogP contribution in [0.1, 0.15) is 39.5 Å². The van der Waals surface area contributed by atoms with Gasteiger partial charge in [0.25, 0.3) is 0 Å². The van der Waals surface area contributed by atoms with Crippen LogP contribution in [0.25, 0.3) is 0 Å². The molecule has 2 saturated heterocycles. The van der Waals surface area contributed by atoms with E-state index in [1.807, 2.05) is 0 Å². The van der Waals surface area contributed by atoms with Gasteiger partial charge in [0.05, 0.1) is 19.8 Å². The smallest absolute Gasteiger partial charge is 0.330 e. The summed E-state index contributed by atoms with van der Waals surface area (Å²) in [7, 11) is 1.27. The quantitative estimate of drug-likeness (QED) is 0.267. The van der Waals surface area contributed by atoms with E-state index in [2.05, 4.69) is 29.2 Å². The molecular formula is C21H34N2O7S. The predicted octanol–water partition coefficient (Wildman–Crippen LogP) is 1.37. The number of carbonyl (C=O) groups excluding carboxylic acids is 3. The van der Waals surface area contributed by atoms with Crippen molar-refractivity contribution in [2.75, 3.05) is 45.6 Å². The Morgan fingerprint density at radius 2 is 2.00 bits per heavy atom. The van der Waals surface area contributed by atoms with Crippen LogP contribution in [0.4, 0.5) is 0 Å². The number of ether oxygens (including phenoxy) is 4. The second kappa shape index (κ2) is 12.5. The lowest BCUT2D eigenvalue weighted by Crippen LogP contribution is -2.58. The van der Waals surface area contributed by atoms with Crippen molar-refractivity contribution in [2.45, 2.75) is 51.6 Å². The van der Waals surface area contributed by atoms with E-state index < -0.39 is 11.9 Å². The first-order valence-corrected chi connectivity index (χ1v) is 11.6. The summed E-state index contributed by atoms with van der Waals surface area (Å²) in [4.78, 5) is 34.2. The van der Waals surface area contributed by atoms with Crippen LogP contribution in [-0.4, -0.2) is 74.8 Å². The molecule has 0 aliphatic carbocycles. The van der Waals surface area contributed by atoms with Crippen LogP contribution in [0.5, 0.6) is 0 Å². The summed E-state index contributed by atoms with van der Waals surface area (Å²) >= 11 is 1.15. The highest BCUT2D eigenvalue weighted by atomic mass is 32.2. The molecule has 2 aliphatic rings. The Morgan fingerprint density at radius 1 is 1.23 bits per heavy atom. The van der Waals surface area contributed by atoms with Crippen LogP contribution >= 0.6 is 11.8 Å². The first-order chi connectivity index (χ1) is 14.8. The van der Waals surface area contributed by atoms with E-state index in [-0.39, 0.29) is 22.6 Å². The molecule has 1 spiro atoms. The van der Waals surface area contributed by atoms with Gasteiger partial charge in [-0.25, -0.2) is 4.79 Å². The minimum absolute atomic E-state index is 0.124. The summed E-state index contributed by atoms with van der Waals surface area (Å²) in [5.41, 5.74) is -0.188. The second-order valence-electron chi connectivity index (χ2n) is 8.23. The third-order valence-corrected chi connectivity index (χ3v) is 5.94. The molecule has 10 heteroatoms. The largest absolute Gasteiger partial charge is 0.466 e. The number of esters is 2. The number of carbonyl (C=O) groups is 3. The van der Waals surface area contributed by atoms with E-state index in [1.54, 1.807) is 0 Å². The predicted molar refractivity (Wildman–Crippen MR) is 116 cm³/mol. The standard InChI is InChI=1S/C21H34N2O7S/c1-20(2)15-28-21(9-4-6-18(25)30-21)29-16(20)14-23-11-5-10-22-12-13-31-19(26)8-7-17(24)27-3/h7-8,16,22-23H,4-6,9-15H2,1-3H3/b8-7+/t16-,21?/m0/s1. The summed E-state index contributed by atoms with van der Waals surface area (Å²) in [5.74, 6) is -1.41. The molecule has 2 rings (SSSR count). The lowest BCUT2D eigenvalue weighted by atomic mass is 9.86. The number of thioether (sulfide) groups is 1. The maximum Gasteiger partial charge on any atom is 0.330 e. The van der Waals surface area contributed by atoms with Crippen molar-refractivity contribution in [3.8, 4) is 0 Å². The molecule has 2 atom stereocenters. The van der Waals surface area contributed by atoms with Crippen LogP contribution in [0.2, 0.25) is 0 Å². The molecule has 2 fully saturated rings. The highest BCUT2D eigenvalue weighted by molar-refractivity contribution is 8.14. The average molecular weight is 459 g/mol. The van der Waals surface area contributed by atoms with Crippen LogP contribution in [-0.2, 0) is 33.3 Å². The van der Waals surface area contributed by atoms with Crippen molar-refractivity contribution in [2.24, 2.45) is 5.41 Å². The minimum Gasteiger partial charge on any atom is -0.466 e. The first kappa shape index (κ1) is 25.8. The monoisotopic (exact) mass is 458 g/mol. The van der Waals surface area contributed by atoms with E-state index in [9.17, 15) is 14.4 Å². The van der Waals surface area contributed by atoms with Crippen molar-refractivity contribution in [3.63, 3.8) is 0 Å². The van der Waals surface area contributed by atoms with Gasteiger partial charge in [0.15, 0.2) is 0 Å². The first-order valence-electron chi connectivity index (χ1n) is 10.6. The molecular weight excluding hydrogens is 424 g/mol. The summed E-state index contributed by atoms with van der Waals surface area (Å²) in [6, 6.07) is 0. The van der Waals surface area contributed by atoms with Gasteiger partial charge in [0.1, 0.15) is 0 Å². The molecule has 0 aromatic rings. The Balaban J connectivity index is 1.56. The fourth-order valence-electron chi connectivity index (χ4n) is 3.20. The van der Waals surface area contributed by atoms with Gasteiger partial charge in [-0.3, -0.25) is 9.59 Å². The maximum atomic E-state index is 11.7. The normalized spacial score (nSPS) is 25.5. The van der Waals surface area contributed by atoms with Crippen molar-refractivity contribution < 1.29 is 33.3 Å². The molecule has 0 saturated carbocycles. The molecule has 0 amide bonds. The highest BCUT2D eigenvalue weighted by Gasteiger charge is 2.50. The van der Waals surface area contributed by atoms with E-state index >= 15 is 0 Å². The molecule has 176 valence electrons. The Hall–Kier alpha value is -1.46. The lowest BCUT2D eigenvalue weighted by Gasteiger charge is -2.48. The minimum atomic E-state index is -1.22. The number of methoxy groups -OCH3 is 1. The Labute approximate surface area is 187 Å². The topological polar surface area (TPSA) is 112 Å². The van der Waals surface area contributed by atoms with Gasteiger partial charge in [-0.05, 0) is 32.0 Å². The number of hydrogen-bond donors (Lipinski definition) is 2. The third kappa shape index (κ3) is 8.89. The van der Waals surface area contributed by atoms with E-state index in [0.29, 0.717) is 44.7 Å². The molecule has 2 aliphatic heterocycles. The van der Waals surface area contributed by atoms with E-state index in [4.69, 9.17) is 14.2 Å². The molecule has 2 N–H and O–H groups in total. The van der Waals surface area contributed by atoms with Gasteiger partial charge < -0.3 is 29.6 Å². The fraction of sp³-hybridized carbons (Fsp3) is 0.762. The molecule has 2 heterocycles. The Morgan fingerprint density at radius 3 is 2.74 bits per heavy atom. The van der Waals surface area contributed by atoms with Crippen LogP contribution in [0.3, 0.4) is 0 Å². The van der Waals surface area contributed by atoms with Gasteiger partial charge in [-0.2, -0.15) is 0 Å². The molecule has 0 aromatic carbocycles. The van der Waals surface area contributed by atoms with Crippen molar-refractivity contribution >= 4 is 28.8 Å². The summed E-state index contributed by atoms with van der Waals surface area (Å²) in [6.07, 6.45) is 4.82. The SMILES string of the molecule is COC(=O)/C=C/C(=O)SCCNCCCNC[C@@H]1OC2(CCCC(=O)O2)OCC1(C)C. The van der Waals surface area contributed by atoms with Gasteiger partial charge in [-0.1, -0.05) is 25.6 Å². The molecule has 9 nitrogen and oxygen atoms in total. The van der Waals surface area contributed by atoms with Gasteiger partial charge in [0.2, 0.25) is 5.12 Å². The number of hydrogen-bond acceptors (Lipinski definition) is 10. The van der Waals surface area contributed by atoms with E-state index in [1.165, 1.54) is 13.2 Å². The summed E-state index contributed by atoms with van der Waals surface area (Å²) in [5, 5.41) is 6.53.